The van der Waals surface area contributed by atoms with Crippen molar-refractivity contribution >= 4 is 23.2 Å². The number of amides is 1. The number of rotatable bonds is 7. The summed E-state index contributed by atoms with van der Waals surface area (Å²) in [4.78, 5) is 15.9. The highest BCUT2D eigenvalue weighted by Crippen LogP contribution is 2.37. The molecule has 0 bridgehead atoms. The number of methoxy groups -OCH3 is 1. The number of aliphatic hydroxyl groups is 3. The first-order valence-electron chi connectivity index (χ1n) is 13.7. The lowest BCUT2D eigenvalue weighted by molar-refractivity contribution is -0.211. The van der Waals surface area contributed by atoms with Crippen molar-refractivity contribution in [2.45, 2.75) is 75.2 Å². The molecule has 1 aliphatic heterocycles. The van der Waals surface area contributed by atoms with Gasteiger partial charge < -0.3 is 29.7 Å². The highest BCUT2D eigenvalue weighted by atomic mass is 35.5. The minimum atomic E-state index is -1.40. The van der Waals surface area contributed by atoms with E-state index < -0.39 is 66.8 Å². The maximum Gasteiger partial charge on any atom is 0.259 e. The summed E-state index contributed by atoms with van der Waals surface area (Å²) in [5, 5.41) is 40.8. The van der Waals surface area contributed by atoms with Crippen molar-refractivity contribution < 1.29 is 38.4 Å². The van der Waals surface area contributed by atoms with Gasteiger partial charge in [-0.25, -0.2) is 13.5 Å². The summed E-state index contributed by atoms with van der Waals surface area (Å²) < 4.78 is 40.7. The molecular formula is C29H33ClF2N4O6. The van der Waals surface area contributed by atoms with Crippen LogP contribution in [0.15, 0.2) is 42.6 Å². The topological polar surface area (TPSA) is 130 Å². The van der Waals surface area contributed by atoms with Gasteiger partial charge in [0.15, 0.2) is 6.10 Å². The van der Waals surface area contributed by atoms with E-state index in [-0.39, 0.29) is 11.3 Å². The molecule has 2 heterocycles. The highest BCUT2D eigenvalue weighted by Gasteiger charge is 2.52. The first-order valence-corrected chi connectivity index (χ1v) is 14.1. The molecule has 3 aromatic rings. The Hall–Kier alpha value is -3.00. The van der Waals surface area contributed by atoms with Crippen molar-refractivity contribution in [3.63, 3.8) is 0 Å². The number of aromatic nitrogens is 3. The first-order chi connectivity index (χ1) is 20.1. The van der Waals surface area contributed by atoms with Crippen molar-refractivity contribution in [1.82, 2.24) is 15.0 Å². The van der Waals surface area contributed by atoms with Gasteiger partial charge in [-0.3, -0.25) is 4.79 Å². The number of benzene rings is 2. The van der Waals surface area contributed by atoms with Crippen LogP contribution < -0.4 is 4.90 Å². The molecule has 1 amide bonds. The maximum absolute atomic E-state index is 14.5. The predicted molar refractivity (Wildman–Crippen MR) is 149 cm³/mol. The van der Waals surface area contributed by atoms with Crippen LogP contribution in [0.3, 0.4) is 0 Å². The first kappa shape index (κ1) is 30.5. The van der Waals surface area contributed by atoms with Crippen molar-refractivity contribution in [3.05, 3.63) is 64.8 Å². The molecule has 226 valence electrons. The Kier molecular flexibility index (Phi) is 9.21. The standard InChI is InChI=1S/C29H33ClF2N4O6/c1-15-7-17(30)11-20(8-15)36(22-5-3-4-6-23(22)38)29(40)28-27(41-2)25(26(39)24(14-37)42-28)35-13-21(33-34-35)16-9-18(31)12-19(32)10-16/h7-13,22-28,37-39H,3-6,14H2,1-2H3/t22-,23-,24+,25-,26-,27+,28+/m0/s1. The fourth-order valence-corrected chi connectivity index (χ4v) is 6.27. The molecule has 7 atom stereocenters. The molecule has 1 aromatic heterocycles. The smallest absolute Gasteiger partial charge is 0.259 e. The van der Waals surface area contributed by atoms with E-state index in [1.807, 2.05) is 6.92 Å². The Morgan fingerprint density at radius 2 is 1.86 bits per heavy atom. The molecule has 10 nitrogen and oxygen atoms in total. The van der Waals surface area contributed by atoms with Crippen LogP contribution in [0.25, 0.3) is 11.3 Å². The lowest BCUT2D eigenvalue weighted by Crippen LogP contribution is -2.63. The van der Waals surface area contributed by atoms with Gasteiger partial charge >= 0.3 is 0 Å². The number of aryl methyl sites for hydroxylation is 1. The monoisotopic (exact) mass is 606 g/mol. The molecule has 13 heteroatoms. The molecule has 2 aliphatic rings. The summed E-state index contributed by atoms with van der Waals surface area (Å²) >= 11 is 6.37. The Morgan fingerprint density at radius 3 is 2.50 bits per heavy atom. The number of hydrogen-bond donors (Lipinski definition) is 3. The Labute approximate surface area is 246 Å². The summed E-state index contributed by atoms with van der Waals surface area (Å²) in [6.07, 6.45) is -1.87. The molecule has 3 N–H and O–H groups in total. The van der Waals surface area contributed by atoms with E-state index in [1.165, 1.54) is 22.9 Å². The van der Waals surface area contributed by atoms with Gasteiger partial charge in [0.2, 0.25) is 0 Å². The molecule has 42 heavy (non-hydrogen) atoms. The Bertz CT molecular complexity index is 1390. The zero-order chi connectivity index (χ0) is 30.1. The van der Waals surface area contributed by atoms with Gasteiger partial charge in [-0.2, -0.15) is 0 Å². The largest absolute Gasteiger partial charge is 0.394 e. The normalized spacial score (nSPS) is 28.0. The number of ether oxygens (including phenoxy) is 2. The zero-order valence-electron chi connectivity index (χ0n) is 23.1. The van der Waals surface area contributed by atoms with E-state index in [9.17, 15) is 28.9 Å². The summed E-state index contributed by atoms with van der Waals surface area (Å²) in [6, 6.07) is 6.42. The van der Waals surface area contributed by atoms with Gasteiger partial charge in [0.1, 0.15) is 41.7 Å². The third-order valence-corrected chi connectivity index (χ3v) is 8.14. The number of anilines is 1. The predicted octanol–water partition coefficient (Wildman–Crippen LogP) is 3.20. The number of halogens is 3. The second kappa shape index (κ2) is 12.7. The molecule has 1 saturated heterocycles. The lowest BCUT2D eigenvalue weighted by Gasteiger charge is -2.46. The van der Waals surface area contributed by atoms with Gasteiger partial charge in [-0.1, -0.05) is 29.7 Å². The third kappa shape index (κ3) is 6.05. The molecule has 0 radical (unpaired) electrons. The molecule has 2 fully saturated rings. The van der Waals surface area contributed by atoms with Crippen molar-refractivity contribution in [2.75, 3.05) is 18.6 Å². The zero-order valence-corrected chi connectivity index (χ0v) is 23.9. The molecule has 1 aliphatic carbocycles. The van der Waals surface area contributed by atoms with E-state index in [0.717, 1.165) is 36.6 Å². The van der Waals surface area contributed by atoms with Crippen molar-refractivity contribution in [1.29, 1.82) is 0 Å². The summed E-state index contributed by atoms with van der Waals surface area (Å²) in [5.74, 6) is -2.15. The average molecular weight is 607 g/mol. The quantitative estimate of drug-likeness (QED) is 0.374. The minimum Gasteiger partial charge on any atom is -0.394 e. The Balaban J connectivity index is 1.55. The number of aliphatic hydroxyl groups excluding tert-OH is 3. The molecule has 0 spiro atoms. The minimum absolute atomic E-state index is 0.117. The van der Waals surface area contributed by atoms with E-state index >= 15 is 0 Å². The van der Waals surface area contributed by atoms with Crippen LogP contribution in [0, 0.1) is 18.6 Å². The summed E-state index contributed by atoms with van der Waals surface area (Å²) in [7, 11) is 1.34. The number of carbonyl (C=O) groups is 1. The van der Waals surface area contributed by atoms with Crippen LogP contribution in [-0.4, -0.2) is 86.5 Å². The van der Waals surface area contributed by atoms with Crippen LogP contribution in [0.4, 0.5) is 14.5 Å². The Morgan fingerprint density at radius 1 is 1.14 bits per heavy atom. The molecule has 0 unspecified atom stereocenters. The van der Waals surface area contributed by atoms with Gasteiger partial charge in [0, 0.05) is 29.4 Å². The van der Waals surface area contributed by atoms with E-state index in [4.69, 9.17) is 21.1 Å². The number of hydrogen-bond acceptors (Lipinski definition) is 8. The van der Waals surface area contributed by atoms with E-state index in [0.29, 0.717) is 23.6 Å². The molecule has 2 aromatic carbocycles. The second-order valence-electron chi connectivity index (χ2n) is 10.8. The lowest BCUT2D eigenvalue weighted by atomic mass is 9.88. The summed E-state index contributed by atoms with van der Waals surface area (Å²) in [5.41, 5.74) is 1.51. The van der Waals surface area contributed by atoms with Crippen LogP contribution in [-0.2, 0) is 14.3 Å². The van der Waals surface area contributed by atoms with Crippen LogP contribution in [0.2, 0.25) is 5.02 Å². The third-order valence-electron chi connectivity index (χ3n) is 7.92. The SMILES string of the molecule is CO[C@@H]1[C@@H](n2cc(-c3cc(F)cc(F)c3)nn2)[C@@H](O)[C@@H](CO)O[C@H]1C(=O)N(c1cc(C)cc(Cl)c1)[C@H]1CCCC[C@@H]1O. The van der Waals surface area contributed by atoms with E-state index in [1.54, 1.807) is 18.2 Å². The van der Waals surface area contributed by atoms with Crippen LogP contribution in [0.1, 0.15) is 37.3 Å². The fourth-order valence-electron chi connectivity index (χ4n) is 5.98. The van der Waals surface area contributed by atoms with Gasteiger partial charge in [-0.05, 0) is 55.7 Å². The molecular weight excluding hydrogens is 574 g/mol. The van der Waals surface area contributed by atoms with E-state index in [2.05, 4.69) is 10.3 Å². The van der Waals surface area contributed by atoms with Crippen LogP contribution in [0.5, 0.6) is 0 Å². The van der Waals surface area contributed by atoms with Crippen molar-refractivity contribution in [2.24, 2.45) is 0 Å². The average Bonchev–Trinajstić information content (AvgIpc) is 3.43. The summed E-state index contributed by atoms with van der Waals surface area (Å²) in [6.45, 7) is 1.21. The fraction of sp³-hybridized carbons (Fsp3) is 0.483. The van der Waals surface area contributed by atoms with Crippen LogP contribution >= 0.6 is 11.6 Å². The number of nitrogens with zero attached hydrogens (tertiary/aromatic N) is 4. The van der Waals surface area contributed by atoms with Gasteiger partial charge in [0.25, 0.3) is 5.91 Å². The number of carbonyl (C=O) groups excluding carboxylic acids is 1. The van der Waals surface area contributed by atoms with Gasteiger partial charge in [-0.15, -0.1) is 5.10 Å². The second-order valence-corrected chi connectivity index (χ2v) is 11.3. The maximum atomic E-state index is 14.5. The molecule has 1 saturated carbocycles. The van der Waals surface area contributed by atoms with Crippen molar-refractivity contribution in [3.8, 4) is 11.3 Å². The van der Waals surface area contributed by atoms with Gasteiger partial charge in [0.05, 0.1) is 24.9 Å². The molecule has 5 rings (SSSR count). The highest BCUT2D eigenvalue weighted by molar-refractivity contribution is 6.31.